The summed E-state index contributed by atoms with van der Waals surface area (Å²) < 4.78 is 3.19. The fraction of sp³-hybridized carbons (Fsp3) is 0.800. The third kappa shape index (κ3) is 3.43. The molecule has 1 aromatic heterocycles. The minimum atomic E-state index is 0.739. The monoisotopic (exact) mass is 340 g/mol. The second kappa shape index (κ2) is 6.16. The fourth-order valence-corrected chi connectivity index (χ4v) is 3.48. The van der Waals surface area contributed by atoms with Crippen molar-refractivity contribution in [2.24, 2.45) is 13.0 Å². The number of aromatic nitrogens is 2. The summed E-state index contributed by atoms with van der Waals surface area (Å²) in [4.78, 5) is 2.55. The average molecular weight is 341 g/mol. The van der Waals surface area contributed by atoms with E-state index in [9.17, 15) is 0 Å². The van der Waals surface area contributed by atoms with Crippen LogP contribution in [0.2, 0.25) is 0 Å². The molecular formula is C15H25BrN4. The van der Waals surface area contributed by atoms with Crippen LogP contribution in [0.15, 0.2) is 4.47 Å². The second-order valence-corrected chi connectivity index (χ2v) is 7.16. The van der Waals surface area contributed by atoms with Crippen LogP contribution in [-0.2, 0) is 13.6 Å². The number of piperidine rings is 1. The molecule has 5 heteroatoms. The molecule has 1 aliphatic carbocycles. The van der Waals surface area contributed by atoms with Crippen molar-refractivity contribution in [3.05, 3.63) is 15.9 Å². The van der Waals surface area contributed by atoms with Gasteiger partial charge in [0.15, 0.2) is 0 Å². The highest BCUT2D eigenvalue weighted by molar-refractivity contribution is 9.10. The van der Waals surface area contributed by atoms with E-state index in [1.165, 1.54) is 55.5 Å². The van der Waals surface area contributed by atoms with E-state index in [1.54, 1.807) is 0 Å². The van der Waals surface area contributed by atoms with E-state index in [2.05, 4.69) is 38.2 Å². The van der Waals surface area contributed by atoms with Crippen molar-refractivity contribution in [1.29, 1.82) is 0 Å². The van der Waals surface area contributed by atoms with Gasteiger partial charge in [0.25, 0.3) is 0 Å². The Morgan fingerprint density at radius 2 is 1.95 bits per heavy atom. The van der Waals surface area contributed by atoms with E-state index in [1.807, 2.05) is 11.7 Å². The maximum absolute atomic E-state index is 4.48. The van der Waals surface area contributed by atoms with Crippen LogP contribution in [-0.4, -0.2) is 40.4 Å². The topological polar surface area (TPSA) is 33.1 Å². The van der Waals surface area contributed by atoms with E-state index in [-0.39, 0.29) is 0 Å². The smallest absolute Gasteiger partial charge is 0.0739 e. The summed E-state index contributed by atoms with van der Waals surface area (Å²) in [5.41, 5.74) is 2.38. The predicted molar refractivity (Wildman–Crippen MR) is 84.7 cm³/mol. The molecule has 1 aromatic rings. The highest BCUT2D eigenvalue weighted by Crippen LogP contribution is 2.28. The fourth-order valence-electron chi connectivity index (χ4n) is 3.01. The third-order valence-corrected chi connectivity index (χ3v) is 5.65. The number of hydrogen-bond acceptors (Lipinski definition) is 3. The molecule has 1 aliphatic heterocycles. The SMILES string of the molecule is Cc1nn(C)c(CN2CCC(NCC3CC3)CC2)c1Br. The molecule has 0 spiro atoms. The lowest BCUT2D eigenvalue weighted by Gasteiger charge is -2.32. The van der Waals surface area contributed by atoms with Gasteiger partial charge in [-0.3, -0.25) is 9.58 Å². The summed E-state index contributed by atoms with van der Waals surface area (Å²) in [6, 6.07) is 0.739. The third-order valence-electron chi connectivity index (χ3n) is 4.61. The zero-order valence-corrected chi connectivity index (χ0v) is 14.1. The first-order valence-electron chi connectivity index (χ1n) is 7.77. The number of aryl methyl sites for hydroxylation is 2. The Labute approximate surface area is 130 Å². The first-order chi connectivity index (χ1) is 9.63. The lowest BCUT2D eigenvalue weighted by molar-refractivity contribution is 0.186. The molecule has 2 fully saturated rings. The Balaban J connectivity index is 1.47. The van der Waals surface area contributed by atoms with Crippen LogP contribution in [0.1, 0.15) is 37.1 Å². The van der Waals surface area contributed by atoms with Gasteiger partial charge in [-0.15, -0.1) is 0 Å². The highest BCUT2D eigenvalue weighted by atomic mass is 79.9. The van der Waals surface area contributed by atoms with Gasteiger partial charge in [0.1, 0.15) is 0 Å². The van der Waals surface area contributed by atoms with Gasteiger partial charge < -0.3 is 5.32 Å². The molecule has 0 atom stereocenters. The zero-order chi connectivity index (χ0) is 14.1. The first kappa shape index (κ1) is 14.5. The zero-order valence-electron chi connectivity index (χ0n) is 12.5. The van der Waals surface area contributed by atoms with Crippen LogP contribution in [0.3, 0.4) is 0 Å². The van der Waals surface area contributed by atoms with Crippen molar-refractivity contribution >= 4 is 15.9 Å². The minimum absolute atomic E-state index is 0.739. The van der Waals surface area contributed by atoms with Crippen molar-refractivity contribution in [1.82, 2.24) is 20.0 Å². The van der Waals surface area contributed by atoms with Crippen molar-refractivity contribution in [3.63, 3.8) is 0 Å². The van der Waals surface area contributed by atoms with E-state index in [4.69, 9.17) is 0 Å². The van der Waals surface area contributed by atoms with Crippen LogP contribution < -0.4 is 5.32 Å². The van der Waals surface area contributed by atoms with E-state index >= 15 is 0 Å². The first-order valence-corrected chi connectivity index (χ1v) is 8.56. The van der Waals surface area contributed by atoms with Gasteiger partial charge in [-0.05, 0) is 61.0 Å². The molecule has 2 heterocycles. The van der Waals surface area contributed by atoms with Crippen LogP contribution >= 0.6 is 15.9 Å². The Morgan fingerprint density at radius 3 is 2.50 bits per heavy atom. The summed E-state index contributed by atoms with van der Waals surface area (Å²) in [5, 5.41) is 8.22. The van der Waals surface area contributed by atoms with Gasteiger partial charge in [-0.1, -0.05) is 0 Å². The quantitative estimate of drug-likeness (QED) is 0.893. The average Bonchev–Trinajstić information content (AvgIpc) is 3.23. The molecule has 2 aliphatic rings. The van der Waals surface area contributed by atoms with Gasteiger partial charge in [-0.2, -0.15) is 5.10 Å². The van der Waals surface area contributed by atoms with Crippen molar-refractivity contribution < 1.29 is 0 Å². The largest absolute Gasteiger partial charge is 0.314 e. The van der Waals surface area contributed by atoms with Crippen molar-refractivity contribution in [2.75, 3.05) is 19.6 Å². The number of halogens is 1. The van der Waals surface area contributed by atoms with Crippen LogP contribution in [0, 0.1) is 12.8 Å². The lowest BCUT2D eigenvalue weighted by atomic mass is 10.0. The number of nitrogens with one attached hydrogen (secondary N) is 1. The summed E-state index contributed by atoms with van der Waals surface area (Å²) in [6.45, 7) is 6.70. The molecule has 0 unspecified atom stereocenters. The van der Waals surface area contributed by atoms with Gasteiger partial charge in [0.05, 0.1) is 15.9 Å². The Hall–Kier alpha value is -0.390. The molecule has 1 saturated heterocycles. The van der Waals surface area contributed by atoms with Gasteiger partial charge in [-0.25, -0.2) is 0 Å². The van der Waals surface area contributed by atoms with Crippen LogP contribution in [0.25, 0.3) is 0 Å². The maximum Gasteiger partial charge on any atom is 0.0739 e. The summed E-state index contributed by atoms with van der Waals surface area (Å²) in [7, 11) is 2.04. The standard InChI is InChI=1S/C15H25BrN4/c1-11-15(16)14(19(2)18-11)10-20-7-5-13(6-8-20)17-9-12-3-4-12/h12-13,17H,3-10H2,1-2H3. The van der Waals surface area contributed by atoms with Gasteiger partial charge >= 0.3 is 0 Å². The van der Waals surface area contributed by atoms with Crippen LogP contribution in [0.5, 0.6) is 0 Å². The molecule has 112 valence electrons. The maximum atomic E-state index is 4.48. The number of nitrogens with zero attached hydrogens (tertiary/aromatic N) is 3. The van der Waals surface area contributed by atoms with Crippen molar-refractivity contribution in [3.8, 4) is 0 Å². The molecule has 1 N–H and O–H groups in total. The lowest BCUT2D eigenvalue weighted by Crippen LogP contribution is -2.42. The molecule has 4 nitrogen and oxygen atoms in total. The Kier molecular flexibility index (Phi) is 4.48. The van der Waals surface area contributed by atoms with Gasteiger partial charge in [0, 0.05) is 32.7 Å². The molecule has 0 aromatic carbocycles. The minimum Gasteiger partial charge on any atom is -0.314 e. The summed E-state index contributed by atoms with van der Waals surface area (Å²) in [5.74, 6) is 0.987. The molecule has 0 bridgehead atoms. The molecule has 20 heavy (non-hydrogen) atoms. The second-order valence-electron chi connectivity index (χ2n) is 6.37. The van der Waals surface area contributed by atoms with E-state index < -0.39 is 0 Å². The van der Waals surface area contributed by atoms with E-state index in [0.29, 0.717) is 0 Å². The van der Waals surface area contributed by atoms with E-state index in [0.717, 1.165) is 24.2 Å². The molecule has 1 saturated carbocycles. The predicted octanol–water partition coefficient (Wildman–Crippen LogP) is 2.46. The Morgan fingerprint density at radius 1 is 1.25 bits per heavy atom. The molecule has 0 radical (unpaired) electrons. The van der Waals surface area contributed by atoms with Crippen LogP contribution in [0.4, 0.5) is 0 Å². The molecule has 3 rings (SSSR count). The normalized spacial score (nSPS) is 21.6. The molecule has 0 amide bonds. The number of rotatable bonds is 5. The number of likely N-dealkylation sites (tertiary alicyclic amines) is 1. The van der Waals surface area contributed by atoms with Crippen molar-refractivity contribution in [2.45, 2.75) is 45.2 Å². The highest BCUT2D eigenvalue weighted by Gasteiger charge is 2.25. The summed E-state index contributed by atoms with van der Waals surface area (Å²) in [6.07, 6.45) is 5.45. The van der Waals surface area contributed by atoms with Gasteiger partial charge in [0.2, 0.25) is 0 Å². The molecular weight excluding hydrogens is 316 g/mol. The summed E-state index contributed by atoms with van der Waals surface area (Å²) >= 11 is 3.67. The Bertz CT molecular complexity index is 459. The number of hydrogen-bond donors (Lipinski definition) is 1.